The second-order valence-corrected chi connectivity index (χ2v) is 7.01. The minimum absolute atomic E-state index is 0.0285. The van der Waals surface area contributed by atoms with Gasteiger partial charge in [0.15, 0.2) is 0 Å². The van der Waals surface area contributed by atoms with E-state index in [1.54, 1.807) is 0 Å². The van der Waals surface area contributed by atoms with Crippen LogP contribution in [0.2, 0.25) is 0 Å². The molecule has 0 aliphatic carbocycles. The number of carbonyl (C=O) groups excluding carboxylic acids is 1. The highest BCUT2D eigenvalue weighted by atomic mass is 32.2. The second-order valence-electron chi connectivity index (χ2n) is 5.11. The molecule has 1 fully saturated rings. The van der Waals surface area contributed by atoms with Crippen LogP contribution in [0.3, 0.4) is 0 Å². The molecule has 1 unspecified atom stereocenters. The Morgan fingerprint density at radius 1 is 1.50 bits per heavy atom. The molecule has 0 saturated carbocycles. The molecule has 1 aromatic carbocycles. The average molecular weight is 330 g/mol. The van der Waals surface area contributed by atoms with Gasteiger partial charge in [0.25, 0.3) is 0 Å². The average Bonchev–Trinajstić information content (AvgIpc) is 2.96. The number of halogens is 1. The maximum absolute atomic E-state index is 13.3. The van der Waals surface area contributed by atoms with Crippen LogP contribution in [0.5, 0.6) is 0 Å². The Balaban J connectivity index is 1.98. The Morgan fingerprint density at radius 2 is 2.27 bits per heavy atom. The van der Waals surface area contributed by atoms with Crippen molar-refractivity contribution in [1.82, 2.24) is 5.32 Å². The van der Waals surface area contributed by atoms with Gasteiger partial charge in [0.1, 0.15) is 11.9 Å². The lowest BCUT2D eigenvalue weighted by Crippen LogP contribution is -2.41. The number of amides is 1. The van der Waals surface area contributed by atoms with E-state index in [9.17, 15) is 17.6 Å². The van der Waals surface area contributed by atoms with E-state index in [4.69, 9.17) is 4.74 Å². The normalized spacial score (nSPS) is 18.2. The van der Waals surface area contributed by atoms with Crippen molar-refractivity contribution in [2.45, 2.75) is 18.9 Å². The third-order valence-electron chi connectivity index (χ3n) is 3.33. The van der Waals surface area contributed by atoms with E-state index in [2.05, 4.69) is 5.32 Å². The number of rotatable bonds is 6. The summed E-state index contributed by atoms with van der Waals surface area (Å²) in [4.78, 5) is 11.8. The van der Waals surface area contributed by atoms with E-state index in [1.807, 2.05) is 0 Å². The SMILES string of the molecule is CS(=O)(=O)N(CCNC(=O)C1CCCO1)c1cccc(F)c1. The number of ether oxygens (including phenoxy) is 1. The smallest absolute Gasteiger partial charge is 0.249 e. The molecule has 1 aromatic rings. The fourth-order valence-corrected chi connectivity index (χ4v) is 3.22. The lowest BCUT2D eigenvalue weighted by Gasteiger charge is -2.23. The number of anilines is 1. The van der Waals surface area contributed by atoms with Crippen molar-refractivity contribution in [1.29, 1.82) is 0 Å². The van der Waals surface area contributed by atoms with Gasteiger partial charge in [0.2, 0.25) is 15.9 Å². The summed E-state index contributed by atoms with van der Waals surface area (Å²) in [6.45, 7) is 0.722. The molecule has 2 rings (SSSR count). The molecule has 8 heteroatoms. The Kier molecular flexibility index (Phi) is 5.36. The third-order valence-corrected chi connectivity index (χ3v) is 4.53. The van der Waals surface area contributed by atoms with Crippen molar-refractivity contribution in [3.05, 3.63) is 30.1 Å². The van der Waals surface area contributed by atoms with Gasteiger partial charge in [-0.3, -0.25) is 9.10 Å². The van der Waals surface area contributed by atoms with E-state index in [-0.39, 0.29) is 24.7 Å². The number of nitrogens with zero attached hydrogens (tertiary/aromatic N) is 1. The van der Waals surface area contributed by atoms with Crippen LogP contribution >= 0.6 is 0 Å². The molecule has 0 radical (unpaired) electrons. The van der Waals surface area contributed by atoms with Crippen molar-refractivity contribution >= 4 is 21.6 Å². The summed E-state index contributed by atoms with van der Waals surface area (Å²) in [7, 11) is -3.57. The summed E-state index contributed by atoms with van der Waals surface area (Å²) in [5.41, 5.74) is 0.230. The summed E-state index contributed by atoms with van der Waals surface area (Å²) in [5, 5.41) is 2.65. The molecule has 6 nitrogen and oxygen atoms in total. The highest BCUT2D eigenvalue weighted by Gasteiger charge is 2.24. The fourth-order valence-electron chi connectivity index (χ4n) is 2.30. The monoisotopic (exact) mass is 330 g/mol. The minimum Gasteiger partial charge on any atom is -0.368 e. The summed E-state index contributed by atoms with van der Waals surface area (Å²) >= 11 is 0. The molecule has 1 amide bonds. The second kappa shape index (κ2) is 7.06. The lowest BCUT2D eigenvalue weighted by molar-refractivity contribution is -0.129. The molecule has 1 N–H and O–H groups in total. The molecule has 1 atom stereocenters. The highest BCUT2D eigenvalue weighted by molar-refractivity contribution is 7.92. The predicted molar refractivity (Wildman–Crippen MR) is 80.6 cm³/mol. The number of sulfonamides is 1. The van der Waals surface area contributed by atoms with Gasteiger partial charge < -0.3 is 10.1 Å². The van der Waals surface area contributed by atoms with E-state index in [0.29, 0.717) is 13.0 Å². The molecule has 1 heterocycles. The van der Waals surface area contributed by atoms with Gasteiger partial charge in [-0.2, -0.15) is 0 Å². The molecule has 1 saturated heterocycles. The van der Waals surface area contributed by atoms with E-state index in [1.165, 1.54) is 18.2 Å². The Hall–Kier alpha value is -1.67. The molecule has 1 aliphatic heterocycles. The van der Waals surface area contributed by atoms with Gasteiger partial charge in [-0.25, -0.2) is 12.8 Å². The maximum Gasteiger partial charge on any atom is 0.249 e. The van der Waals surface area contributed by atoms with Gasteiger partial charge in [0.05, 0.1) is 18.5 Å². The zero-order chi connectivity index (χ0) is 16.2. The van der Waals surface area contributed by atoms with Crippen molar-refractivity contribution in [3.63, 3.8) is 0 Å². The number of nitrogens with one attached hydrogen (secondary N) is 1. The number of carbonyl (C=O) groups is 1. The molecule has 22 heavy (non-hydrogen) atoms. The Labute approximate surface area is 129 Å². The zero-order valence-electron chi connectivity index (χ0n) is 12.3. The molecule has 0 spiro atoms. The van der Waals surface area contributed by atoms with Crippen LogP contribution in [0.1, 0.15) is 12.8 Å². The topological polar surface area (TPSA) is 75.7 Å². The molecule has 122 valence electrons. The molecular weight excluding hydrogens is 311 g/mol. The highest BCUT2D eigenvalue weighted by Crippen LogP contribution is 2.18. The standard InChI is InChI=1S/C14H19FN2O4S/c1-22(19,20)17(12-5-2-4-11(15)10-12)8-7-16-14(18)13-6-3-9-21-13/h2,4-5,10,13H,3,6-9H2,1H3,(H,16,18). The van der Waals surface area contributed by atoms with Gasteiger partial charge in [-0.1, -0.05) is 6.07 Å². The van der Waals surface area contributed by atoms with Crippen LogP contribution in [-0.2, 0) is 19.6 Å². The van der Waals surface area contributed by atoms with E-state index in [0.717, 1.165) is 23.0 Å². The van der Waals surface area contributed by atoms with Gasteiger partial charge >= 0.3 is 0 Å². The first-order valence-electron chi connectivity index (χ1n) is 7.00. The molecular formula is C14H19FN2O4S. The summed E-state index contributed by atoms with van der Waals surface area (Å²) in [6.07, 6.45) is 2.10. The number of hydrogen-bond donors (Lipinski definition) is 1. The van der Waals surface area contributed by atoms with Crippen LogP contribution in [0.4, 0.5) is 10.1 Å². The van der Waals surface area contributed by atoms with Gasteiger partial charge in [-0.15, -0.1) is 0 Å². The van der Waals surface area contributed by atoms with Crippen LogP contribution < -0.4 is 9.62 Å². The van der Waals surface area contributed by atoms with Crippen molar-refractivity contribution in [2.24, 2.45) is 0 Å². The summed E-state index contributed by atoms with van der Waals surface area (Å²) in [6, 6.07) is 5.33. The third kappa shape index (κ3) is 4.41. The van der Waals surface area contributed by atoms with E-state index >= 15 is 0 Å². The predicted octanol–water partition coefficient (Wildman–Crippen LogP) is 0.887. The Morgan fingerprint density at radius 3 is 2.86 bits per heavy atom. The minimum atomic E-state index is -3.57. The zero-order valence-corrected chi connectivity index (χ0v) is 13.1. The van der Waals surface area contributed by atoms with Crippen molar-refractivity contribution in [2.75, 3.05) is 30.3 Å². The number of benzene rings is 1. The first-order valence-corrected chi connectivity index (χ1v) is 8.85. The quantitative estimate of drug-likeness (QED) is 0.840. The number of hydrogen-bond acceptors (Lipinski definition) is 4. The van der Waals surface area contributed by atoms with Gasteiger partial charge in [-0.05, 0) is 31.0 Å². The van der Waals surface area contributed by atoms with Crippen LogP contribution in [0.25, 0.3) is 0 Å². The van der Waals surface area contributed by atoms with Crippen molar-refractivity contribution < 1.29 is 22.3 Å². The Bertz CT molecular complexity index is 629. The molecule has 1 aliphatic rings. The van der Waals surface area contributed by atoms with Gasteiger partial charge in [0, 0.05) is 13.2 Å². The first kappa shape index (κ1) is 16.7. The van der Waals surface area contributed by atoms with Crippen LogP contribution in [-0.4, -0.2) is 46.4 Å². The first-order chi connectivity index (χ1) is 10.4. The van der Waals surface area contributed by atoms with Crippen molar-refractivity contribution in [3.8, 4) is 0 Å². The summed E-state index contributed by atoms with van der Waals surface area (Å²) in [5.74, 6) is -0.764. The molecule has 0 bridgehead atoms. The van der Waals surface area contributed by atoms with E-state index < -0.39 is 21.9 Å². The fraction of sp³-hybridized carbons (Fsp3) is 0.500. The maximum atomic E-state index is 13.3. The largest absolute Gasteiger partial charge is 0.368 e. The molecule has 0 aromatic heterocycles. The summed E-state index contributed by atoms with van der Waals surface area (Å²) < 4.78 is 43.3. The lowest BCUT2D eigenvalue weighted by atomic mass is 10.2. The van der Waals surface area contributed by atoms with Crippen LogP contribution in [0, 0.1) is 5.82 Å². The van der Waals surface area contributed by atoms with Crippen LogP contribution in [0.15, 0.2) is 24.3 Å².